The minimum absolute atomic E-state index is 0.134. The Morgan fingerprint density at radius 1 is 1.41 bits per heavy atom. The van der Waals surface area contributed by atoms with Gasteiger partial charge in [-0.3, -0.25) is 4.79 Å². The zero-order valence-corrected chi connectivity index (χ0v) is 10.1. The van der Waals surface area contributed by atoms with Crippen molar-refractivity contribution in [3.05, 3.63) is 11.9 Å². The highest BCUT2D eigenvalue weighted by Gasteiger charge is 2.22. The summed E-state index contributed by atoms with van der Waals surface area (Å²) in [6.45, 7) is 3.14. The molecule has 3 N–H and O–H groups in total. The largest absolute Gasteiger partial charge is 0.348 e. The highest BCUT2D eigenvalue weighted by Crippen LogP contribution is 2.18. The molecule has 6 heteroatoms. The monoisotopic (exact) mass is 237 g/mol. The Morgan fingerprint density at radius 3 is 2.71 bits per heavy atom. The lowest BCUT2D eigenvalue weighted by atomic mass is 9.91. The normalized spacial score (nSPS) is 24.5. The SMILES string of the molecule is CCNC1CCC(NC(=O)c2cn[nH]n2)CC1. The van der Waals surface area contributed by atoms with E-state index in [0.29, 0.717) is 11.7 Å². The molecule has 0 bridgehead atoms. The molecule has 0 spiro atoms. The smallest absolute Gasteiger partial charge is 0.273 e. The molecule has 6 nitrogen and oxygen atoms in total. The Kier molecular flexibility index (Phi) is 4.08. The molecule has 1 heterocycles. The van der Waals surface area contributed by atoms with Gasteiger partial charge < -0.3 is 10.6 Å². The highest BCUT2D eigenvalue weighted by molar-refractivity contribution is 5.91. The van der Waals surface area contributed by atoms with Crippen molar-refractivity contribution >= 4 is 5.91 Å². The van der Waals surface area contributed by atoms with E-state index >= 15 is 0 Å². The van der Waals surface area contributed by atoms with Crippen molar-refractivity contribution in [1.82, 2.24) is 26.0 Å². The predicted molar refractivity (Wildman–Crippen MR) is 63.6 cm³/mol. The molecule has 1 aromatic rings. The quantitative estimate of drug-likeness (QED) is 0.710. The van der Waals surface area contributed by atoms with Crippen molar-refractivity contribution in [1.29, 1.82) is 0 Å². The number of amides is 1. The van der Waals surface area contributed by atoms with Crippen molar-refractivity contribution in [3.63, 3.8) is 0 Å². The van der Waals surface area contributed by atoms with E-state index in [1.165, 1.54) is 6.20 Å². The summed E-state index contributed by atoms with van der Waals surface area (Å²) in [6.07, 6.45) is 5.75. The first kappa shape index (κ1) is 12.0. The molecule has 0 saturated heterocycles. The standard InChI is InChI=1S/C11H19N5O/c1-2-12-8-3-5-9(6-4-8)14-11(17)10-7-13-16-15-10/h7-9,12H,2-6H2,1H3,(H,14,17)(H,13,15,16). The average molecular weight is 237 g/mol. The molecule has 0 atom stereocenters. The molecule has 2 rings (SSSR count). The maximum Gasteiger partial charge on any atom is 0.273 e. The Balaban J connectivity index is 1.76. The minimum atomic E-state index is -0.134. The molecule has 1 aliphatic carbocycles. The summed E-state index contributed by atoms with van der Waals surface area (Å²) in [6, 6.07) is 0.884. The number of nitrogens with one attached hydrogen (secondary N) is 3. The highest BCUT2D eigenvalue weighted by atomic mass is 16.2. The Hall–Kier alpha value is -1.43. The molecule has 1 amide bonds. The van der Waals surface area contributed by atoms with Crippen LogP contribution in [0.15, 0.2) is 6.20 Å². The van der Waals surface area contributed by atoms with E-state index in [4.69, 9.17) is 0 Å². The van der Waals surface area contributed by atoms with Crippen molar-refractivity contribution in [2.45, 2.75) is 44.7 Å². The van der Waals surface area contributed by atoms with E-state index in [2.05, 4.69) is 33.0 Å². The number of hydrogen-bond acceptors (Lipinski definition) is 4. The lowest BCUT2D eigenvalue weighted by Gasteiger charge is -2.29. The molecule has 1 fully saturated rings. The first-order valence-electron chi connectivity index (χ1n) is 6.19. The van der Waals surface area contributed by atoms with Crippen molar-refractivity contribution < 1.29 is 4.79 Å². The summed E-state index contributed by atoms with van der Waals surface area (Å²) in [5, 5.41) is 16.3. The molecule has 1 aliphatic rings. The van der Waals surface area contributed by atoms with Crippen molar-refractivity contribution in [3.8, 4) is 0 Å². The third kappa shape index (κ3) is 3.26. The van der Waals surface area contributed by atoms with E-state index in [1.54, 1.807) is 0 Å². The summed E-state index contributed by atoms with van der Waals surface area (Å²) < 4.78 is 0. The van der Waals surface area contributed by atoms with Gasteiger partial charge in [0, 0.05) is 12.1 Å². The Labute approximate surface area is 101 Å². The fourth-order valence-corrected chi connectivity index (χ4v) is 2.30. The maximum absolute atomic E-state index is 11.7. The first-order chi connectivity index (χ1) is 8.29. The average Bonchev–Trinajstić information content (AvgIpc) is 2.86. The van der Waals surface area contributed by atoms with Gasteiger partial charge in [0.2, 0.25) is 0 Å². The van der Waals surface area contributed by atoms with Gasteiger partial charge in [-0.25, -0.2) is 0 Å². The first-order valence-corrected chi connectivity index (χ1v) is 6.19. The lowest BCUT2D eigenvalue weighted by Crippen LogP contribution is -2.42. The van der Waals surface area contributed by atoms with Gasteiger partial charge in [0.1, 0.15) is 0 Å². The number of aromatic amines is 1. The molecule has 1 saturated carbocycles. The van der Waals surface area contributed by atoms with Gasteiger partial charge in [0.05, 0.1) is 6.20 Å². The summed E-state index contributed by atoms with van der Waals surface area (Å²) in [5.74, 6) is -0.134. The van der Waals surface area contributed by atoms with Crippen LogP contribution in [0.1, 0.15) is 43.1 Å². The van der Waals surface area contributed by atoms with Crippen LogP contribution in [0, 0.1) is 0 Å². The molecule has 0 unspecified atom stereocenters. The molecular formula is C11H19N5O. The van der Waals surface area contributed by atoms with E-state index < -0.39 is 0 Å². The second-order valence-corrected chi connectivity index (χ2v) is 4.43. The number of carbonyl (C=O) groups is 1. The second kappa shape index (κ2) is 5.77. The zero-order valence-electron chi connectivity index (χ0n) is 10.1. The van der Waals surface area contributed by atoms with Gasteiger partial charge in [0.15, 0.2) is 5.69 Å². The van der Waals surface area contributed by atoms with Gasteiger partial charge >= 0.3 is 0 Å². The van der Waals surface area contributed by atoms with Crippen LogP contribution in [-0.4, -0.2) is 39.9 Å². The van der Waals surface area contributed by atoms with Crippen molar-refractivity contribution in [2.75, 3.05) is 6.54 Å². The van der Waals surface area contributed by atoms with Crippen LogP contribution in [0.2, 0.25) is 0 Å². The van der Waals surface area contributed by atoms with Crippen molar-refractivity contribution in [2.24, 2.45) is 0 Å². The molecule has 1 aromatic heterocycles. The number of nitrogens with zero attached hydrogens (tertiary/aromatic N) is 2. The Morgan fingerprint density at radius 2 is 2.12 bits per heavy atom. The molecule has 0 aromatic carbocycles. The molecule has 94 valence electrons. The van der Waals surface area contributed by atoms with Crippen LogP contribution in [0.5, 0.6) is 0 Å². The van der Waals surface area contributed by atoms with Gasteiger partial charge in [-0.2, -0.15) is 15.4 Å². The third-order valence-corrected chi connectivity index (χ3v) is 3.20. The third-order valence-electron chi connectivity index (χ3n) is 3.20. The Bertz CT molecular complexity index is 343. The van der Waals surface area contributed by atoms with Crippen LogP contribution in [0.3, 0.4) is 0 Å². The van der Waals surface area contributed by atoms with Gasteiger partial charge in [-0.1, -0.05) is 6.92 Å². The summed E-state index contributed by atoms with van der Waals surface area (Å²) in [5.41, 5.74) is 0.360. The maximum atomic E-state index is 11.7. The van der Waals surface area contributed by atoms with Crippen LogP contribution in [-0.2, 0) is 0 Å². The number of carbonyl (C=O) groups excluding carboxylic acids is 1. The predicted octanol–water partition coefficient (Wildman–Crippen LogP) is 0.455. The second-order valence-electron chi connectivity index (χ2n) is 4.43. The van der Waals surface area contributed by atoms with Crippen LogP contribution < -0.4 is 10.6 Å². The van der Waals surface area contributed by atoms with Crippen LogP contribution in [0.25, 0.3) is 0 Å². The van der Waals surface area contributed by atoms with Crippen LogP contribution in [0.4, 0.5) is 0 Å². The van der Waals surface area contributed by atoms with E-state index in [1.807, 2.05) is 0 Å². The van der Waals surface area contributed by atoms with Gasteiger partial charge in [0.25, 0.3) is 5.91 Å². The molecule has 0 radical (unpaired) electrons. The minimum Gasteiger partial charge on any atom is -0.348 e. The number of rotatable bonds is 4. The lowest BCUT2D eigenvalue weighted by molar-refractivity contribution is 0.0919. The molecule has 17 heavy (non-hydrogen) atoms. The summed E-state index contributed by atoms with van der Waals surface area (Å²) in [4.78, 5) is 11.7. The van der Waals surface area contributed by atoms with Crippen LogP contribution >= 0.6 is 0 Å². The van der Waals surface area contributed by atoms with E-state index in [0.717, 1.165) is 32.2 Å². The molecule has 0 aliphatic heterocycles. The van der Waals surface area contributed by atoms with Gasteiger partial charge in [-0.15, -0.1) is 0 Å². The van der Waals surface area contributed by atoms with E-state index in [9.17, 15) is 4.79 Å². The number of aromatic nitrogens is 3. The number of hydrogen-bond donors (Lipinski definition) is 3. The fraction of sp³-hybridized carbons (Fsp3) is 0.727. The topological polar surface area (TPSA) is 82.7 Å². The zero-order chi connectivity index (χ0) is 12.1. The number of H-pyrrole nitrogens is 1. The van der Waals surface area contributed by atoms with E-state index in [-0.39, 0.29) is 11.9 Å². The fourth-order valence-electron chi connectivity index (χ4n) is 2.30. The molecular weight excluding hydrogens is 218 g/mol. The summed E-state index contributed by atoms with van der Waals surface area (Å²) in [7, 11) is 0. The summed E-state index contributed by atoms with van der Waals surface area (Å²) >= 11 is 0. The van der Waals surface area contributed by atoms with Gasteiger partial charge in [-0.05, 0) is 32.2 Å².